The van der Waals surface area contributed by atoms with E-state index in [1.54, 1.807) is 49.4 Å². The maximum absolute atomic E-state index is 13.6. The Morgan fingerprint density at radius 3 is 2.53 bits per heavy atom. The van der Waals surface area contributed by atoms with E-state index in [0.29, 0.717) is 6.54 Å². The number of fused-ring (bicyclic) bond motifs is 1. The molecule has 2 aromatic carbocycles. The fraction of sp³-hybridized carbons (Fsp3) is 0.481. The average molecular weight is 530 g/mol. The van der Waals surface area contributed by atoms with Crippen molar-refractivity contribution in [3.63, 3.8) is 0 Å². The first-order valence-corrected chi connectivity index (χ1v) is 15.0. The van der Waals surface area contributed by atoms with E-state index < -0.39 is 15.1 Å². The Balaban J connectivity index is 1.54. The second-order valence-corrected chi connectivity index (χ2v) is 12.9. The number of ether oxygens (including phenoxy) is 1. The summed E-state index contributed by atoms with van der Waals surface area (Å²) in [7, 11) is -3.34. The normalized spacial score (nSPS) is 15.0. The van der Waals surface area contributed by atoms with Gasteiger partial charge in [-0.15, -0.1) is 0 Å². The Hall–Kier alpha value is -2.33. The van der Waals surface area contributed by atoms with Gasteiger partial charge in [-0.2, -0.15) is 0 Å². The number of amides is 1. The Morgan fingerprint density at radius 1 is 1.14 bits per heavy atom. The van der Waals surface area contributed by atoms with Crippen molar-refractivity contribution in [2.45, 2.75) is 50.2 Å². The highest BCUT2D eigenvalue weighted by Crippen LogP contribution is 2.31. The molecule has 7 nitrogen and oxygen atoms in total. The first-order chi connectivity index (χ1) is 17.3. The number of rotatable bonds is 10. The molecule has 1 amide bonds. The van der Waals surface area contributed by atoms with E-state index in [9.17, 15) is 13.2 Å². The van der Waals surface area contributed by atoms with Crippen LogP contribution in [0.1, 0.15) is 38.3 Å². The molecule has 0 atom stereocenters. The van der Waals surface area contributed by atoms with E-state index in [2.05, 4.69) is 24.0 Å². The Labute approximate surface area is 218 Å². The minimum absolute atomic E-state index is 0.0338. The predicted octanol–water partition coefficient (Wildman–Crippen LogP) is 4.34. The molecular weight excluding hydrogens is 494 g/mol. The molecule has 1 aromatic heterocycles. The van der Waals surface area contributed by atoms with Gasteiger partial charge in [-0.3, -0.25) is 14.6 Å². The topological polar surface area (TPSA) is 79.8 Å². The van der Waals surface area contributed by atoms with Crippen LogP contribution in [0.4, 0.5) is 5.13 Å². The molecule has 0 aliphatic carbocycles. The Kier molecular flexibility index (Phi) is 8.77. The summed E-state index contributed by atoms with van der Waals surface area (Å²) in [5, 5.41) is 0.232. The number of aromatic nitrogens is 1. The van der Waals surface area contributed by atoms with Crippen LogP contribution >= 0.6 is 11.3 Å². The molecule has 0 saturated carbocycles. The van der Waals surface area contributed by atoms with Crippen molar-refractivity contribution < 1.29 is 17.9 Å². The third-order valence-electron chi connectivity index (χ3n) is 6.59. The van der Waals surface area contributed by atoms with Crippen LogP contribution in [0.5, 0.6) is 0 Å². The molecule has 1 aliphatic rings. The molecule has 3 aromatic rings. The van der Waals surface area contributed by atoms with Gasteiger partial charge in [-0.05, 0) is 56.0 Å². The van der Waals surface area contributed by atoms with Gasteiger partial charge in [0.15, 0.2) is 15.0 Å². The average Bonchev–Trinajstić information content (AvgIpc) is 3.31. The summed E-state index contributed by atoms with van der Waals surface area (Å²) >= 11 is 1.55. The number of aryl methyl sites for hydroxylation is 1. The molecule has 2 heterocycles. The lowest BCUT2D eigenvalue weighted by Gasteiger charge is -2.27. The fourth-order valence-corrected chi connectivity index (χ4v) is 6.45. The maximum Gasteiger partial charge on any atom is 0.233 e. The van der Waals surface area contributed by atoms with E-state index in [1.165, 1.54) is 5.56 Å². The van der Waals surface area contributed by atoms with Crippen molar-refractivity contribution in [2.75, 3.05) is 44.3 Å². The lowest BCUT2D eigenvalue weighted by Crippen LogP contribution is -2.39. The highest BCUT2D eigenvalue weighted by molar-refractivity contribution is 7.92. The number of benzene rings is 2. The lowest BCUT2D eigenvalue weighted by molar-refractivity contribution is -0.118. The van der Waals surface area contributed by atoms with Crippen LogP contribution in [0.15, 0.2) is 47.4 Å². The van der Waals surface area contributed by atoms with Crippen molar-refractivity contribution in [1.29, 1.82) is 0 Å². The monoisotopic (exact) mass is 529 g/mol. The standard InChI is InChI=1S/C27H35N3O4S2/c1-4-22-7-5-8-24-26(22)28-27(35-24)30(14-6-13-29-15-17-34-18-16-29)25(31)19-21-9-11-23(12-10-21)36(32,33)20(2)3/h5,7-12,20H,4,6,13-19H2,1-3H3. The molecule has 0 bridgehead atoms. The van der Waals surface area contributed by atoms with E-state index in [0.717, 1.165) is 66.6 Å². The van der Waals surface area contributed by atoms with Gasteiger partial charge < -0.3 is 4.74 Å². The van der Waals surface area contributed by atoms with E-state index in [1.807, 2.05) is 11.0 Å². The number of sulfone groups is 1. The van der Waals surface area contributed by atoms with Crippen LogP contribution in [0, 0.1) is 0 Å². The van der Waals surface area contributed by atoms with Gasteiger partial charge in [0.05, 0.1) is 40.0 Å². The number of nitrogens with zero attached hydrogens (tertiary/aromatic N) is 3. The van der Waals surface area contributed by atoms with E-state index >= 15 is 0 Å². The van der Waals surface area contributed by atoms with Gasteiger partial charge in [0.2, 0.25) is 5.91 Å². The molecule has 194 valence electrons. The van der Waals surface area contributed by atoms with E-state index in [-0.39, 0.29) is 17.2 Å². The molecule has 0 spiro atoms. The number of carbonyl (C=O) groups is 1. The number of thiazole rings is 1. The Morgan fingerprint density at radius 2 is 1.86 bits per heavy atom. The highest BCUT2D eigenvalue weighted by Gasteiger charge is 2.23. The molecule has 0 radical (unpaired) electrons. The summed E-state index contributed by atoms with van der Waals surface area (Å²) in [5.41, 5.74) is 2.93. The number of carbonyl (C=O) groups excluding carboxylic acids is 1. The first-order valence-electron chi connectivity index (χ1n) is 12.6. The van der Waals surface area contributed by atoms with Gasteiger partial charge in [0.1, 0.15) is 0 Å². The molecule has 0 N–H and O–H groups in total. The van der Waals surface area contributed by atoms with Crippen LogP contribution in [0.3, 0.4) is 0 Å². The summed E-state index contributed by atoms with van der Waals surface area (Å²) in [4.78, 5) is 22.9. The van der Waals surface area contributed by atoms with Crippen molar-refractivity contribution >= 4 is 42.4 Å². The molecular formula is C27H35N3O4S2. The van der Waals surface area contributed by atoms with Gasteiger partial charge in [-0.25, -0.2) is 13.4 Å². The predicted molar refractivity (Wildman–Crippen MR) is 146 cm³/mol. The highest BCUT2D eigenvalue weighted by atomic mass is 32.2. The first kappa shape index (κ1) is 26.7. The lowest BCUT2D eigenvalue weighted by atomic mass is 10.1. The molecule has 1 aliphatic heterocycles. The molecule has 0 unspecified atom stereocenters. The summed E-state index contributed by atoms with van der Waals surface area (Å²) in [6.45, 7) is 10.3. The smallest absolute Gasteiger partial charge is 0.233 e. The third kappa shape index (κ3) is 6.14. The number of para-hydroxylation sites is 1. The van der Waals surface area contributed by atoms with Crippen molar-refractivity contribution in [1.82, 2.24) is 9.88 Å². The van der Waals surface area contributed by atoms with Crippen LogP contribution in [0.25, 0.3) is 10.2 Å². The van der Waals surface area contributed by atoms with Crippen molar-refractivity contribution in [3.05, 3.63) is 53.6 Å². The summed E-state index contributed by atoms with van der Waals surface area (Å²) in [6, 6.07) is 12.9. The number of hydrogen-bond acceptors (Lipinski definition) is 7. The quantitative estimate of drug-likeness (QED) is 0.389. The van der Waals surface area contributed by atoms with E-state index in [4.69, 9.17) is 9.72 Å². The number of hydrogen-bond donors (Lipinski definition) is 0. The van der Waals surface area contributed by atoms with Gasteiger partial charge in [0, 0.05) is 26.2 Å². The maximum atomic E-state index is 13.6. The van der Waals surface area contributed by atoms with Crippen molar-refractivity contribution in [2.24, 2.45) is 0 Å². The Bertz CT molecular complexity index is 1280. The second-order valence-electron chi connectivity index (χ2n) is 9.38. The summed E-state index contributed by atoms with van der Waals surface area (Å²) in [6.07, 6.45) is 1.92. The minimum Gasteiger partial charge on any atom is -0.379 e. The number of anilines is 1. The van der Waals surface area contributed by atoms with Crippen LogP contribution < -0.4 is 4.90 Å². The largest absolute Gasteiger partial charge is 0.379 e. The number of morpholine rings is 1. The zero-order chi connectivity index (χ0) is 25.7. The SMILES string of the molecule is CCc1cccc2sc(N(CCCN3CCOCC3)C(=O)Cc3ccc(S(=O)(=O)C(C)C)cc3)nc12. The summed E-state index contributed by atoms with van der Waals surface area (Å²) in [5.74, 6) is -0.0338. The van der Waals surface area contributed by atoms with Crippen LogP contribution in [0.2, 0.25) is 0 Å². The van der Waals surface area contributed by atoms with Gasteiger partial charge in [-0.1, -0.05) is 42.5 Å². The van der Waals surface area contributed by atoms with Crippen molar-refractivity contribution in [3.8, 4) is 0 Å². The van der Waals surface area contributed by atoms with Crippen LogP contribution in [-0.2, 0) is 32.2 Å². The van der Waals surface area contributed by atoms with Gasteiger partial charge in [0.25, 0.3) is 0 Å². The van der Waals surface area contributed by atoms with Gasteiger partial charge >= 0.3 is 0 Å². The summed E-state index contributed by atoms with van der Waals surface area (Å²) < 4.78 is 31.4. The third-order valence-corrected chi connectivity index (χ3v) is 9.81. The second kappa shape index (κ2) is 11.8. The minimum atomic E-state index is -3.34. The molecule has 36 heavy (non-hydrogen) atoms. The van der Waals surface area contributed by atoms with Crippen LogP contribution in [-0.4, -0.2) is 68.9 Å². The molecule has 4 rings (SSSR count). The molecule has 1 saturated heterocycles. The molecule has 9 heteroatoms. The molecule has 1 fully saturated rings. The zero-order valence-corrected chi connectivity index (χ0v) is 22.9. The zero-order valence-electron chi connectivity index (χ0n) is 21.3. The fourth-order valence-electron chi connectivity index (χ4n) is 4.34.